The van der Waals surface area contributed by atoms with Crippen LogP contribution in [0.2, 0.25) is 10.0 Å². The molecule has 0 bridgehead atoms. The highest BCUT2D eigenvalue weighted by Gasteiger charge is 2.12. The molecule has 1 amide bonds. The molecule has 0 unspecified atom stereocenters. The maximum absolute atomic E-state index is 12.2. The van der Waals surface area contributed by atoms with Crippen LogP contribution in [0.1, 0.15) is 11.3 Å². The third-order valence-corrected chi connectivity index (χ3v) is 5.02. The molecule has 0 atom stereocenters. The molecule has 138 valence electrons. The maximum Gasteiger partial charge on any atom is 0.273 e. The second-order valence-corrected chi connectivity index (χ2v) is 7.28. The Kier molecular flexibility index (Phi) is 6.49. The zero-order valence-electron chi connectivity index (χ0n) is 13.9. The van der Waals surface area contributed by atoms with Gasteiger partial charge in [0.05, 0.1) is 21.5 Å². The van der Waals surface area contributed by atoms with Gasteiger partial charge < -0.3 is 5.32 Å². The summed E-state index contributed by atoms with van der Waals surface area (Å²) in [5.74, 6) is -0.310. The molecule has 0 fully saturated rings. The van der Waals surface area contributed by atoms with Crippen LogP contribution in [0.25, 0.3) is 0 Å². The van der Waals surface area contributed by atoms with Crippen LogP contribution in [0.5, 0.6) is 0 Å². The van der Waals surface area contributed by atoms with Crippen molar-refractivity contribution in [3.63, 3.8) is 0 Å². The molecule has 0 radical (unpaired) electrons. The van der Waals surface area contributed by atoms with Crippen molar-refractivity contribution >= 4 is 46.6 Å². The first-order chi connectivity index (χ1) is 13.0. The molecular weight excluding hydrogens is 407 g/mol. The number of nitrogens with one attached hydrogen (secondary N) is 2. The lowest BCUT2D eigenvalue weighted by molar-refractivity contribution is -0.113. The topological polar surface area (TPSA) is 87.7 Å². The van der Waals surface area contributed by atoms with Crippen LogP contribution in [-0.4, -0.2) is 26.8 Å². The van der Waals surface area contributed by atoms with E-state index in [0.717, 1.165) is 17.3 Å². The molecule has 0 spiro atoms. The van der Waals surface area contributed by atoms with Crippen molar-refractivity contribution in [3.8, 4) is 0 Å². The number of aromatic nitrogens is 3. The van der Waals surface area contributed by atoms with E-state index in [0.29, 0.717) is 27.8 Å². The first-order valence-corrected chi connectivity index (χ1v) is 9.63. The fourth-order valence-corrected chi connectivity index (χ4v) is 3.34. The maximum atomic E-state index is 12.2. The number of carbonyl (C=O) groups is 1. The highest BCUT2D eigenvalue weighted by atomic mass is 35.5. The lowest BCUT2D eigenvalue weighted by atomic mass is 10.1. The van der Waals surface area contributed by atoms with E-state index in [4.69, 9.17) is 23.2 Å². The van der Waals surface area contributed by atoms with E-state index in [1.165, 1.54) is 0 Å². The number of hydrogen-bond donors (Lipinski definition) is 2. The summed E-state index contributed by atoms with van der Waals surface area (Å²) in [4.78, 5) is 26.9. The van der Waals surface area contributed by atoms with Crippen LogP contribution in [0.15, 0.2) is 58.5 Å². The number of H-pyrrole nitrogens is 1. The second-order valence-electron chi connectivity index (χ2n) is 5.50. The van der Waals surface area contributed by atoms with Crippen LogP contribution in [0.3, 0.4) is 0 Å². The van der Waals surface area contributed by atoms with Gasteiger partial charge in [0.1, 0.15) is 5.69 Å². The Labute approximate surface area is 169 Å². The smallest absolute Gasteiger partial charge is 0.273 e. The van der Waals surface area contributed by atoms with E-state index in [1.807, 2.05) is 30.3 Å². The largest absolute Gasteiger partial charge is 0.323 e. The van der Waals surface area contributed by atoms with Gasteiger partial charge in [-0.05, 0) is 17.7 Å². The quantitative estimate of drug-likeness (QED) is 0.592. The third-order valence-electron chi connectivity index (χ3n) is 3.53. The third kappa shape index (κ3) is 5.32. The molecule has 3 aromatic rings. The van der Waals surface area contributed by atoms with Crippen molar-refractivity contribution in [1.29, 1.82) is 0 Å². The molecule has 0 aliphatic heterocycles. The molecule has 0 saturated carbocycles. The Balaban J connectivity index is 1.60. The van der Waals surface area contributed by atoms with Gasteiger partial charge in [-0.1, -0.05) is 71.4 Å². The first kappa shape index (κ1) is 19.4. The Morgan fingerprint density at radius 1 is 1.04 bits per heavy atom. The zero-order chi connectivity index (χ0) is 19.2. The van der Waals surface area contributed by atoms with Crippen molar-refractivity contribution in [3.05, 3.63) is 80.2 Å². The number of nitrogens with zero attached hydrogens (tertiary/aromatic N) is 2. The van der Waals surface area contributed by atoms with Gasteiger partial charge in [0.25, 0.3) is 5.56 Å². The Morgan fingerprint density at radius 2 is 1.74 bits per heavy atom. The number of rotatable bonds is 6. The standard InChI is InChI=1S/C18H14Cl2N4O2S/c19-12-7-4-8-13(20)16(12)21-15(25)10-27-18-22-17(26)14(23-24-18)9-11-5-2-1-3-6-11/h1-8H,9-10H2,(H,21,25)(H,22,24,26). The molecule has 1 heterocycles. The normalized spacial score (nSPS) is 10.6. The average Bonchev–Trinajstić information content (AvgIpc) is 2.66. The molecule has 0 saturated heterocycles. The van der Waals surface area contributed by atoms with Gasteiger partial charge in [-0.25, -0.2) is 0 Å². The van der Waals surface area contributed by atoms with Crippen molar-refractivity contribution in [2.45, 2.75) is 11.6 Å². The number of hydrogen-bond acceptors (Lipinski definition) is 5. The first-order valence-electron chi connectivity index (χ1n) is 7.89. The lowest BCUT2D eigenvalue weighted by Gasteiger charge is -2.08. The van der Waals surface area contributed by atoms with Gasteiger partial charge in [-0.3, -0.25) is 14.6 Å². The SMILES string of the molecule is O=C(CSc1nnc(Cc2ccccc2)c(=O)[nH]1)Nc1c(Cl)cccc1Cl. The van der Waals surface area contributed by atoms with Gasteiger partial charge >= 0.3 is 0 Å². The summed E-state index contributed by atoms with van der Waals surface area (Å²) in [6.07, 6.45) is 0.389. The number of halogens is 2. The van der Waals surface area contributed by atoms with Gasteiger partial charge in [0, 0.05) is 6.42 Å². The number of benzene rings is 2. The molecule has 9 heteroatoms. The van der Waals surface area contributed by atoms with Crippen molar-refractivity contribution in [1.82, 2.24) is 15.2 Å². The van der Waals surface area contributed by atoms with E-state index in [1.54, 1.807) is 18.2 Å². The summed E-state index contributed by atoms with van der Waals surface area (Å²) in [5.41, 5.74) is 1.31. The highest BCUT2D eigenvalue weighted by molar-refractivity contribution is 7.99. The summed E-state index contributed by atoms with van der Waals surface area (Å²) in [6.45, 7) is 0. The van der Waals surface area contributed by atoms with Gasteiger partial charge in [0.15, 0.2) is 5.16 Å². The van der Waals surface area contributed by atoms with Gasteiger partial charge in [-0.15, -0.1) is 10.2 Å². The van der Waals surface area contributed by atoms with Crippen molar-refractivity contribution < 1.29 is 4.79 Å². The number of aromatic amines is 1. The Morgan fingerprint density at radius 3 is 2.41 bits per heavy atom. The molecule has 27 heavy (non-hydrogen) atoms. The molecular formula is C18H14Cl2N4O2S. The monoisotopic (exact) mass is 420 g/mol. The van der Waals surface area contributed by atoms with Gasteiger partial charge in [0.2, 0.25) is 5.91 Å². The molecule has 1 aromatic heterocycles. The number of thioether (sulfide) groups is 1. The summed E-state index contributed by atoms with van der Waals surface area (Å²) in [6, 6.07) is 14.5. The minimum atomic E-state index is -0.328. The van der Waals surface area contributed by atoms with Crippen LogP contribution in [-0.2, 0) is 11.2 Å². The molecule has 2 N–H and O–H groups in total. The van der Waals surface area contributed by atoms with Gasteiger partial charge in [-0.2, -0.15) is 0 Å². The minimum Gasteiger partial charge on any atom is -0.323 e. The molecule has 0 aliphatic carbocycles. The lowest BCUT2D eigenvalue weighted by Crippen LogP contribution is -2.19. The van der Waals surface area contributed by atoms with Crippen molar-refractivity contribution in [2.75, 3.05) is 11.1 Å². The zero-order valence-corrected chi connectivity index (χ0v) is 16.2. The number of amides is 1. The van der Waals surface area contributed by atoms with E-state index >= 15 is 0 Å². The van der Waals surface area contributed by atoms with Crippen molar-refractivity contribution in [2.24, 2.45) is 0 Å². The summed E-state index contributed by atoms with van der Waals surface area (Å²) >= 11 is 13.1. The number of para-hydroxylation sites is 1. The average molecular weight is 421 g/mol. The predicted molar refractivity (Wildman–Crippen MR) is 108 cm³/mol. The summed E-state index contributed by atoms with van der Waals surface area (Å²) in [7, 11) is 0. The van der Waals surface area contributed by atoms with E-state index < -0.39 is 0 Å². The predicted octanol–water partition coefficient (Wildman–Crippen LogP) is 3.79. The Hall–Kier alpha value is -2.35. The Bertz CT molecular complexity index is 991. The molecule has 2 aromatic carbocycles. The molecule has 3 rings (SSSR count). The van der Waals surface area contributed by atoms with Crippen LogP contribution >= 0.6 is 35.0 Å². The fourth-order valence-electron chi connectivity index (χ4n) is 2.24. The van der Waals surface area contributed by atoms with E-state index in [2.05, 4.69) is 20.5 Å². The molecule has 6 nitrogen and oxygen atoms in total. The number of anilines is 1. The van der Waals surface area contributed by atoms with Crippen LogP contribution in [0.4, 0.5) is 5.69 Å². The highest BCUT2D eigenvalue weighted by Crippen LogP contribution is 2.29. The molecule has 0 aliphatic rings. The number of carbonyl (C=O) groups excluding carboxylic acids is 1. The summed E-state index contributed by atoms with van der Waals surface area (Å²) < 4.78 is 0. The second kappa shape index (κ2) is 9.03. The fraction of sp³-hybridized carbons (Fsp3) is 0.111. The van der Waals surface area contributed by atoms with Crippen LogP contribution < -0.4 is 10.9 Å². The minimum absolute atomic E-state index is 0.0181. The summed E-state index contributed by atoms with van der Waals surface area (Å²) in [5, 5.41) is 11.5. The van der Waals surface area contributed by atoms with Crippen LogP contribution in [0, 0.1) is 0 Å². The van der Waals surface area contributed by atoms with E-state index in [-0.39, 0.29) is 22.4 Å². The van der Waals surface area contributed by atoms with E-state index in [9.17, 15) is 9.59 Å².